The number of thioether (sulfide) groups is 1. The zero-order valence-electron chi connectivity index (χ0n) is 14.8. The predicted molar refractivity (Wildman–Crippen MR) is 108 cm³/mol. The Labute approximate surface area is 162 Å². The van der Waals surface area contributed by atoms with Gasteiger partial charge in [-0.15, -0.1) is 11.8 Å². The van der Waals surface area contributed by atoms with Crippen LogP contribution in [0.15, 0.2) is 47.4 Å². The molecule has 0 saturated carbocycles. The molecule has 136 valence electrons. The van der Waals surface area contributed by atoms with Gasteiger partial charge in [0.25, 0.3) is 0 Å². The number of carbonyl (C=O) groups is 2. The smallest absolute Gasteiger partial charge is 0.237 e. The van der Waals surface area contributed by atoms with Crippen LogP contribution >= 0.6 is 23.4 Å². The summed E-state index contributed by atoms with van der Waals surface area (Å²) >= 11 is 7.37. The van der Waals surface area contributed by atoms with Gasteiger partial charge in [0.05, 0.1) is 5.25 Å². The molecule has 3 rings (SSSR count). The van der Waals surface area contributed by atoms with Gasteiger partial charge in [-0.1, -0.05) is 11.6 Å². The van der Waals surface area contributed by atoms with Gasteiger partial charge in [-0.05, 0) is 68.3 Å². The third-order valence-corrected chi connectivity index (χ3v) is 5.69. The molecule has 0 aliphatic carbocycles. The van der Waals surface area contributed by atoms with E-state index in [-0.39, 0.29) is 17.1 Å². The van der Waals surface area contributed by atoms with E-state index < -0.39 is 0 Å². The highest BCUT2D eigenvalue weighted by molar-refractivity contribution is 8.00. The first-order chi connectivity index (χ1) is 12.4. The van der Waals surface area contributed by atoms with Crippen LogP contribution in [-0.2, 0) is 9.59 Å². The summed E-state index contributed by atoms with van der Waals surface area (Å²) in [5.41, 5.74) is 2.65. The number of nitrogens with one attached hydrogen (secondary N) is 1. The van der Waals surface area contributed by atoms with Crippen LogP contribution in [-0.4, -0.2) is 23.6 Å². The minimum absolute atomic E-state index is 0.0608. The summed E-state index contributed by atoms with van der Waals surface area (Å²) < 4.78 is 0. The van der Waals surface area contributed by atoms with E-state index >= 15 is 0 Å². The van der Waals surface area contributed by atoms with Crippen LogP contribution in [0, 0.1) is 6.92 Å². The van der Waals surface area contributed by atoms with Crippen molar-refractivity contribution < 1.29 is 9.59 Å². The number of hydrogen-bond donors (Lipinski definition) is 1. The molecule has 1 atom stereocenters. The molecular formula is C20H21ClN2O2S. The van der Waals surface area contributed by atoms with Crippen molar-refractivity contribution in [1.82, 2.24) is 0 Å². The van der Waals surface area contributed by atoms with Gasteiger partial charge < -0.3 is 10.2 Å². The average Bonchev–Trinajstić information content (AvgIpc) is 3.03. The molecule has 2 aromatic rings. The second-order valence-electron chi connectivity index (χ2n) is 6.35. The number of hydrogen-bond acceptors (Lipinski definition) is 3. The molecule has 1 saturated heterocycles. The Morgan fingerprint density at radius 2 is 1.96 bits per heavy atom. The van der Waals surface area contributed by atoms with Gasteiger partial charge in [-0.25, -0.2) is 0 Å². The molecule has 26 heavy (non-hydrogen) atoms. The molecule has 4 nitrogen and oxygen atoms in total. The minimum atomic E-state index is -0.240. The van der Waals surface area contributed by atoms with E-state index in [1.807, 2.05) is 61.2 Å². The van der Waals surface area contributed by atoms with Crippen molar-refractivity contribution in [2.45, 2.75) is 36.8 Å². The average molecular weight is 389 g/mol. The summed E-state index contributed by atoms with van der Waals surface area (Å²) in [6.07, 6.45) is 1.51. The lowest BCUT2D eigenvalue weighted by molar-refractivity contribution is -0.117. The molecule has 2 aromatic carbocycles. The topological polar surface area (TPSA) is 49.4 Å². The zero-order chi connectivity index (χ0) is 18.7. The quantitative estimate of drug-likeness (QED) is 0.741. The molecule has 1 fully saturated rings. The standard InChI is InChI=1S/C20H21ClN2O2S/c1-13-12-16(7-10-18(13)23-11-3-4-19(23)24)22-20(25)14(2)26-17-8-5-15(21)6-9-17/h5-10,12,14H,3-4,11H2,1-2H3,(H,22,25). The summed E-state index contributed by atoms with van der Waals surface area (Å²) in [5, 5.41) is 3.39. The van der Waals surface area contributed by atoms with Gasteiger partial charge in [-0.3, -0.25) is 9.59 Å². The van der Waals surface area contributed by atoms with Crippen molar-refractivity contribution in [1.29, 1.82) is 0 Å². The fraction of sp³-hybridized carbons (Fsp3) is 0.300. The number of amides is 2. The number of carbonyl (C=O) groups excluding carboxylic acids is 2. The van der Waals surface area contributed by atoms with Crippen LogP contribution in [0.4, 0.5) is 11.4 Å². The van der Waals surface area contributed by atoms with E-state index in [2.05, 4.69) is 5.32 Å². The molecule has 1 aliphatic heterocycles. The van der Waals surface area contributed by atoms with Gasteiger partial charge >= 0.3 is 0 Å². The maximum Gasteiger partial charge on any atom is 0.237 e. The van der Waals surface area contributed by atoms with Gasteiger partial charge in [0, 0.05) is 34.3 Å². The third kappa shape index (κ3) is 4.40. The van der Waals surface area contributed by atoms with Crippen LogP contribution < -0.4 is 10.2 Å². The first-order valence-corrected chi connectivity index (χ1v) is 9.84. The van der Waals surface area contributed by atoms with Crippen molar-refractivity contribution in [2.75, 3.05) is 16.8 Å². The Kier molecular flexibility index (Phi) is 5.89. The highest BCUT2D eigenvalue weighted by atomic mass is 35.5. The fourth-order valence-corrected chi connectivity index (χ4v) is 3.95. The van der Waals surface area contributed by atoms with Gasteiger partial charge in [0.1, 0.15) is 0 Å². The normalized spacial score (nSPS) is 15.2. The van der Waals surface area contributed by atoms with Crippen LogP contribution in [0.3, 0.4) is 0 Å². The molecule has 0 spiro atoms. The zero-order valence-corrected chi connectivity index (χ0v) is 16.4. The van der Waals surface area contributed by atoms with Crippen molar-refractivity contribution in [3.63, 3.8) is 0 Å². The van der Waals surface area contributed by atoms with E-state index in [0.29, 0.717) is 11.4 Å². The van der Waals surface area contributed by atoms with E-state index in [0.717, 1.165) is 34.8 Å². The van der Waals surface area contributed by atoms with Gasteiger partial charge in [-0.2, -0.15) is 0 Å². The summed E-state index contributed by atoms with van der Waals surface area (Å²) in [6.45, 7) is 4.60. The molecule has 1 heterocycles. The van der Waals surface area contributed by atoms with Gasteiger partial charge in [0.2, 0.25) is 11.8 Å². The number of aryl methyl sites for hydroxylation is 1. The largest absolute Gasteiger partial charge is 0.325 e. The lowest BCUT2D eigenvalue weighted by atomic mass is 10.1. The lowest BCUT2D eigenvalue weighted by Crippen LogP contribution is -2.25. The highest BCUT2D eigenvalue weighted by Crippen LogP contribution is 2.29. The number of nitrogens with zero attached hydrogens (tertiary/aromatic N) is 1. The third-order valence-electron chi connectivity index (χ3n) is 4.32. The summed E-state index contributed by atoms with van der Waals surface area (Å²) in [5.74, 6) is 0.104. The SMILES string of the molecule is Cc1cc(NC(=O)C(C)Sc2ccc(Cl)cc2)ccc1N1CCCC1=O. The van der Waals surface area contributed by atoms with Crippen molar-refractivity contribution in [2.24, 2.45) is 0 Å². The minimum Gasteiger partial charge on any atom is -0.325 e. The molecule has 6 heteroatoms. The fourth-order valence-electron chi connectivity index (χ4n) is 2.95. The first kappa shape index (κ1) is 18.8. The highest BCUT2D eigenvalue weighted by Gasteiger charge is 2.23. The van der Waals surface area contributed by atoms with E-state index in [1.165, 1.54) is 11.8 Å². The molecule has 1 N–H and O–H groups in total. The molecular weight excluding hydrogens is 368 g/mol. The number of anilines is 2. The van der Waals surface area contributed by atoms with Crippen LogP contribution in [0.5, 0.6) is 0 Å². The Bertz CT molecular complexity index is 823. The summed E-state index contributed by atoms with van der Waals surface area (Å²) in [6, 6.07) is 13.1. The van der Waals surface area contributed by atoms with E-state index in [9.17, 15) is 9.59 Å². The molecule has 2 amide bonds. The molecule has 1 aliphatic rings. The molecule has 1 unspecified atom stereocenters. The van der Waals surface area contributed by atoms with Crippen molar-refractivity contribution in [3.05, 3.63) is 53.1 Å². The Hall–Kier alpha value is -1.98. The molecule has 0 radical (unpaired) electrons. The van der Waals surface area contributed by atoms with Crippen LogP contribution in [0.2, 0.25) is 5.02 Å². The van der Waals surface area contributed by atoms with E-state index in [4.69, 9.17) is 11.6 Å². The first-order valence-electron chi connectivity index (χ1n) is 8.58. The van der Waals surface area contributed by atoms with Crippen LogP contribution in [0.1, 0.15) is 25.3 Å². The number of rotatable bonds is 5. The molecule has 0 bridgehead atoms. The maximum absolute atomic E-state index is 12.5. The molecule has 0 aromatic heterocycles. The maximum atomic E-state index is 12.5. The number of halogens is 1. The second kappa shape index (κ2) is 8.14. The second-order valence-corrected chi connectivity index (χ2v) is 8.20. The Morgan fingerprint density at radius 1 is 1.23 bits per heavy atom. The lowest BCUT2D eigenvalue weighted by Gasteiger charge is -2.19. The monoisotopic (exact) mass is 388 g/mol. The Morgan fingerprint density at radius 3 is 2.58 bits per heavy atom. The van der Waals surface area contributed by atoms with E-state index in [1.54, 1.807) is 0 Å². The summed E-state index contributed by atoms with van der Waals surface area (Å²) in [7, 11) is 0. The van der Waals surface area contributed by atoms with Gasteiger partial charge in [0.15, 0.2) is 0 Å². The van der Waals surface area contributed by atoms with Crippen molar-refractivity contribution in [3.8, 4) is 0 Å². The predicted octanol–water partition coefficient (Wildman–Crippen LogP) is 4.89. The van der Waals surface area contributed by atoms with Crippen LogP contribution in [0.25, 0.3) is 0 Å². The Balaban J connectivity index is 1.64. The summed E-state index contributed by atoms with van der Waals surface area (Å²) in [4.78, 5) is 27.2. The number of benzene rings is 2. The van der Waals surface area contributed by atoms with Crippen molar-refractivity contribution >= 4 is 46.6 Å².